The zero-order valence-electron chi connectivity index (χ0n) is 24.2. The van der Waals surface area contributed by atoms with Gasteiger partial charge >= 0.3 is 0 Å². The summed E-state index contributed by atoms with van der Waals surface area (Å²) in [5.41, 5.74) is -1.04. The van der Waals surface area contributed by atoms with Gasteiger partial charge in [0.15, 0.2) is 0 Å². The molecule has 0 spiro atoms. The molecule has 1 saturated heterocycles. The second-order valence-corrected chi connectivity index (χ2v) is 4.62. The van der Waals surface area contributed by atoms with E-state index in [1.807, 2.05) is 0 Å². The highest BCUT2D eigenvalue weighted by Gasteiger charge is 2.25. The second kappa shape index (κ2) is 6.61. The Morgan fingerprint density at radius 2 is 1.67 bits per heavy atom. The largest absolute Gasteiger partial charge is 0.304 e. The SMILES string of the molecule is [2H]c1c([2H])c(C([2H])(c2ccccc2)N2C([2H])([2H])C([2H])([2H])N(C)C([2H])([2H])C2([2H])[2H])c([2H])c([2H])c1Cl. The molecule has 0 bridgehead atoms. The lowest BCUT2D eigenvalue weighted by Gasteiger charge is -2.38. The van der Waals surface area contributed by atoms with Gasteiger partial charge in [0.2, 0.25) is 0 Å². The number of benzene rings is 2. The van der Waals surface area contributed by atoms with Gasteiger partial charge in [-0.1, -0.05) is 54.0 Å². The summed E-state index contributed by atoms with van der Waals surface area (Å²) in [5.74, 6) is 0. The van der Waals surface area contributed by atoms with Crippen LogP contribution in [-0.4, -0.2) is 42.8 Å². The van der Waals surface area contributed by atoms with Crippen molar-refractivity contribution in [3.05, 3.63) is 70.7 Å². The van der Waals surface area contributed by atoms with Crippen molar-refractivity contribution in [3.8, 4) is 0 Å². The Bertz CT molecular complexity index is 1070. The van der Waals surface area contributed by atoms with E-state index in [1.54, 1.807) is 0 Å². The number of nitrogens with zero attached hydrogens (tertiary/aromatic N) is 2. The predicted molar refractivity (Wildman–Crippen MR) is 88.8 cm³/mol. The molecule has 1 fully saturated rings. The maximum Gasteiger partial charge on any atom is 0.0639 e. The van der Waals surface area contributed by atoms with Crippen molar-refractivity contribution < 1.29 is 17.8 Å². The molecule has 2 nitrogen and oxygen atoms in total. The molecule has 1 heterocycles. The van der Waals surface area contributed by atoms with E-state index in [4.69, 9.17) is 28.1 Å². The molecule has 3 rings (SSSR count). The summed E-state index contributed by atoms with van der Waals surface area (Å²) >= 11 is 5.90. The predicted octanol–water partition coefficient (Wildman–Crippen LogP) is 3.68. The minimum Gasteiger partial charge on any atom is -0.304 e. The molecule has 0 radical (unpaired) electrons. The molecular weight excluding hydrogens is 280 g/mol. The average Bonchev–Trinajstić information content (AvgIpc) is 2.75. The van der Waals surface area contributed by atoms with Crippen LogP contribution in [-0.2, 0) is 0 Å². The Morgan fingerprint density at radius 1 is 1.05 bits per heavy atom. The van der Waals surface area contributed by atoms with Gasteiger partial charge in [-0.15, -0.1) is 0 Å². The number of hydrogen-bond acceptors (Lipinski definition) is 2. The quantitative estimate of drug-likeness (QED) is 0.853. The average molecular weight is 314 g/mol. The molecule has 0 saturated carbocycles. The first-order valence-corrected chi connectivity index (χ1v) is 6.54. The van der Waals surface area contributed by atoms with E-state index < -0.39 is 66.8 Å². The molecule has 0 amide bonds. The number of rotatable bonds is 3. The summed E-state index contributed by atoms with van der Waals surface area (Å²) in [4.78, 5) is 0.277. The molecule has 2 aromatic carbocycles. The van der Waals surface area contributed by atoms with Gasteiger partial charge in [0.05, 0.1) is 12.9 Å². The van der Waals surface area contributed by atoms with Crippen molar-refractivity contribution in [2.75, 3.05) is 33.0 Å². The van der Waals surface area contributed by atoms with Crippen molar-refractivity contribution in [1.82, 2.24) is 9.80 Å². The van der Waals surface area contributed by atoms with Crippen LogP contribution in [0.4, 0.5) is 0 Å². The molecule has 0 N–H and O–H groups in total. The maximum absolute atomic E-state index is 9.42. The highest BCUT2D eigenvalue weighted by atomic mass is 35.5. The van der Waals surface area contributed by atoms with Gasteiger partial charge in [0, 0.05) is 42.0 Å². The molecule has 2 aromatic rings. The van der Waals surface area contributed by atoms with E-state index in [1.165, 1.54) is 30.3 Å². The Hall–Kier alpha value is -1.35. The van der Waals surface area contributed by atoms with E-state index in [0.29, 0.717) is 0 Å². The molecule has 0 aliphatic carbocycles. The van der Waals surface area contributed by atoms with Crippen LogP contribution in [0.2, 0.25) is 5.02 Å². The minimum absolute atomic E-state index is 0.0144. The zero-order valence-corrected chi connectivity index (χ0v) is 11.9. The minimum atomic E-state index is -3.42. The molecule has 1 atom stereocenters. The summed E-state index contributed by atoms with van der Waals surface area (Å²) in [7, 11) is 0.874. The van der Waals surface area contributed by atoms with Gasteiger partial charge < -0.3 is 4.90 Å². The molecule has 0 aromatic heterocycles. The first-order chi connectivity index (χ1) is 15.3. The van der Waals surface area contributed by atoms with Crippen LogP contribution < -0.4 is 0 Å². The Morgan fingerprint density at radius 3 is 2.29 bits per heavy atom. The van der Waals surface area contributed by atoms with Crippen LogP contribution in [0.15, 0.2) is 54.5 Å². The lowest BCUT2D eigenvalue weighted by atomic mass is 9.96. The summed E-state index contributed by atoms with van der Waals surface area (Å²) in [6.45, 7) is -13.2. The van der Waals surface area contributed by atoms with E-state index in [9.17, 15) is 1.37 Å². The van der Waals surface area contributed by atoms with Gasteiger partial charge in [-0.05, 0) is 30.3 Å². The van der Waals surface area contributed by atoms with Crippen molar-refractivity contribution in [3.63, 3.8) is 0 Å². The van der Waals surface area contributed by atoms with Crippen molar-refractivity contribution in [2.24, 2.45) is 0 Å². The third kappa shape index (κ3) is 3.46. The molecule has 110 valence electrons. The van der Waals surface area contributed by atoms with E-state index in [2.05, 4.69) is 0 Å². The van der Waals surface area contributed by atoms with Crippen LogP contribution in [0.3, 0.4) is 0 Å². The number of likely N-dealkylation sites (N-methyl/N-ethyl adjacent to an activating group) is 1. The van der Waals surface area contributed by atoms with Gasteiger partial charge in [0.1, 0.15) is 0 Å². The number of piperazine rings is 1. The van der Waals surface area contributed by atoms with Gasteiger partial charge in [-0.3, -0.25) is 4.90 Å². The topological polar surface area (TPSA) is 6.48 Å². The molecule has 3 heteroatoms. The third-order valence-corrected chi connectivity index (χ3v) is 2.95. The van der Waals surface area contributed by atoms with Crippen LogP contribution in [0.25, 0.3) is 0 Å². The third-order valence-electron chi connectivity index (χ3n) is 2.76. The number of hydrogen-bond donors (Lipinski definition) is 0. The lowest BCUT2D eigenvalue weighted by molar-refractivity contribution is 0.127. The lowest BCUT2D eigenvalue weighted by Crippen LogP contribution is -2.46. The highest BCUT2D eigenvalue weighted by Crippen LogP contribution is 2.30. The Kier molecular flexibility index (Phi) is 1.79. The van der Waals surface area contributed by atoms with Crippen LogP contribution in [0.1, 0.15) is 35.0 Å². The smallest absolute Gasteiger partial charge is 0.0639 e. The molecule has 1 aliphatic heterocycles. The summed E-state index contributed by atoms with van der Waals surface area (Å²) < 4.78 is 110. The van der Waals surface area contributed by atoms with E-state index >= 15 is 0 Å². The first kappa shape index (κ1) is 5.69. The maximum atomic E-state index is 9.42. The van der Waals surface area contributed by atoms with Crippen molar-refractivity contribution >= 4 is 11.6 Å². The van der Waals surface area contributed by atoms with Crippen LogP contribution in [0.5, 0.6) is 0 Å². The van der Waals surface area contributed by atoms with E-state index in [0.717, 1.165) is 7.05 Å². The Balaban J connectivity index is 2.58. The first-order valence-electron chi connectivity index (χ1n) is 12.7. The van der Waals surface area contributed by atoms with Crippen molar-refractivity contribution in [1.29, 1.82) is 0 Å². The van der Waals surface area contributed by atoms with Gasteiger partial charge in [-0.2, -0.15) is 0 Å². The van der Waals surface area contributed by atoms with Gasteiger partial charge in [-0.25, -0.2) is 0 Å². The Labute approximate surface area is 150 Å². The molecule has 1 unspecified atom stereocenters. The van der Waals surface area contributed by atoms with Gasteiger partial charge in [0.25, 0.3) is 0 Å². The highest BCUT2D eigenvalue weighted by molar-refractivity contribution is 6.30. The summed E-state index contributed by atoms with van der Waals surface area (Å²) in [6.07, 6.45) is 0. The molecule has 21 heavy (non-hydrogen) atoms. The molecule has 1 aliphatic rings. The fourth-order valence-electron chi connectivity index (χ4n) is 1.81. The monoisotopic (exact) mass is 313 g/mol. The van der Waals surface area contributed by atoms with Crippen LogP contribution in [0, 0.1) is 0 Å². The fraction of sp³-hybridized carbons (Fsp3) is 0.333. The zero-order chi connectivity index (χ0) is 26.2. The van der Waals surface area contributed by atoms with Crippen molar-refractivity contribution in [2.45, 2.75) is 6.02 Å². The second-order valence-electron chi connectivity index (χ2n) is 4.25. The van der Waals surface area contributed by atoms with Crippen LogP contribution >= 0.6 is 11.6 Å². The number of halogens is 1. The summed E-state index contributed by atoms with van der Waals surface area (Å²) in [6, 6.07) is 0.649. The molecular formula is C18H21ClN2. The standard InChI is InChI=1S/C18H21ClN2/c1-20-11-13-21(14-12-20)18(15-5-3-2-4-6-15)16-7-9-17(19)10-8-16/h2-10,18H,11-14H2,1H3/i7D,8D,9D,10D,11D2,12D2,13D2,14D2,18D. The summed E-state index contributed by atoms with van der Waals surface area (Å²) in [5, 5.41) is -0.566. The fourth-order valence-corrected chi connectivity index (χ4v) is 1.91. The normalized spacial score (nSPS) is 38.7. The van der Waals surface area contributed by atoms with E-state index in [-0.39, 0.29) is 15.4 Å².